The van der Waals surface area contributed by atoms with E-state index in [4.69, 9.17) is 5.73 Å². The number of aromatic nitrogens is 1. The molecule has 1 aliphatic heterocycles. The number of pyridine rings is 1. The molecule has 0 bridgehead atoms. The Hall–Kier alpha value is -2.36. The van der Waals surface area contributed by atoms with Crippen molar-refractivity contribution < 1.29 is 4.79 Å². The molecule has 3 rings (SSSR count). The lowest BCUT2D eigenvalue weighted by Crippen LogP contribution is -2.23. The Kier molecular flexibility index (Phi) is 2.91. The van der Waals surface area contributed by atoms with Crippen LogP contribution in [0, 0.1) is 0 Å². The molecule has 4 heteroatoms. The van der Waals surface area contributed by atoms with E-state index in [-0.39, 0.29) is 11.7 Å². The minimum atomic E-state index is -0.135. The van der Waals surface area contributed by atoms with Crippen molar-refractivity contribution in [2.45, 2.75) is 12.3 Å². The SMILES string of the molecule is Nc1ccncc1C(=O)C1CCNc2ccccc21. The molecule has 0 radical (unpaired) electrons. The molecule has 0 spiro atoms. The third-order valence-electron chi connectivity index (χ3n) is 3.52. The lowest BCUT2D eigenvalue weighted by Gasteiger charge is -2.25. The van der Waals surface area contributed by atoms with Crippen LogP contribution < -0.4 is 11.1 Å². The van der Waals surface area contributed by atoms with Crippen molar-refractivity contribution in [3.8, 4) is 0 Å². The monoisotopic (exact) mass is 253 g/mol. The molecule has 96 valence electrons. The van der Waals surface area contributed by atoms with E-state index in [0.29, 0.717) is 11.3 Å². The second-order valence-electron chi connectivity index (χ2n) is 4.68. The Bertz CT molecular complexity index is 624. The topological polar surface area (TPSA) is 68.0 Å². The summed E-state index contributed by atoms with van der Waals surface area (Å²) in [5, 5.41) is 3.31. The molecule has 0 fully saturated rings. The smallest absolute Gasteiger partial charge is 0.174 e. The van der Waals surface area contributed by atoms with Crippen molar-refractivity contribution in [3.63, 3.8) is 0 Å². The summed E-state index contributed by atoms with van der Waals surface area (Å²) in [5.41, 5.74) is 8.97. The van der Waals surface area contributed by atoms with E-state index in [1.165, 1.54) is 0 Å². The summed E-state index contributed by atoms with van der Waals surface area (Å²) < 4.78 is 0. The highest BCUT2D eigenvalue weighted by Gasteiger charge is 2.28. The first kappa shape index (κ1) is 11.7. The zero-order valence-electron chi connectivity index (χ0n) is 10.5. The Morgan fingerprint density at radius 3 is 3.00 bits per heavy atom. The van der Waals surface area contributed by atoms with Gasteiger partial charge in [-0.1, -0.05) is 18.2 Å². The third kappa shape index (κ3) is 2.05. The van der Waals surface area contributed by atoms with E-state index >= 15 is 0 Å². The quantitative estimate of drug-likeness (QED) is 0.807. The highest BCUT2D eigenvalue weighted by molar-refractivity contribution is 6.05. The molecule has 2 aromatic rings. The zero-order chi connectivity index (χ0) is 13.2. The van der Waals surface area contributed by atoms with Crippen molar-refractivity contribution in [2.75, 3.05) is 17.6 Å². The van der Waals surface area contributed by atoms with E-state index in [9.17, 15) is 4.79 Å². The summed E-state index contributed by atoms with van der Waals surface area (Å²) >= 11 is 0. The van der Waals surface area contributed by atoms with Crippen molar-refractivity contribution in [1.82, 2.24) is 4.98 Å². The maximum absolute atomic E-state index is 12.6. The van der Waals surface area contributed by atoms with E-state index < -0.39 is 0 Å². The van der Waals surface area contributed by atoms with Crippen LogP contribution in [0.2, 0.25) is 0 Å². The number of hydrogen-bond donors (Lipinski definition) is 2. The first-order chi connectivity index (χ1) is 9.27. The van der Waals surface area contributed by atoms with Crippen molar-refractivity contribution in [1.29, 1.82) is 0 Å². The number of benzene rings is 1. The van der Waals surface area contributed by atoms with Gasteiger partial charge in [-0.05, 0) is 24.1 Å². The maximum atomic E-state index is 12.6. The molecule has 1 aromatic heterocycles. The highest BCUT2D eigenvalue weighted by Crippen LogP contribution is 2.34. The van der Waals surface area contributed by atoms with Gasteiger partial charge in [-0.25, -0.2) is 0 Å². The van der Waals surface area contributed by atoms with E-state index in [2.05, 4.69) is 10.3 Å². The predicted molar refractivity (Wildman–Crippen MR) is 75.3 cm³/mol. The number of Topliss-reactive ketones (excluding diaryl/α,β-unsaturated/α-hetero) is 1. The molecule has 1 aromatic carbocycles. The van der Waals surface area contributed by atoms with Crippen LogP contribution >= 0.6 is 0 Å². The molecule has 1 unspecified atom stereocenters. The fourth-order valence-corrected chi connectivity index (χ4v) is 2.54. The molecular weight excluding hydrogens is 238 g/mol. The van der Waals surface area contributed by atoms with Gasteiger partial charge < -0.3 is 11.1 Å². The first-order valence-electron chi connectivity index (χ1n) is 6.34. The number of carbonyl (C=O) groups is 1. The molecule has 0 aliphatic carbocycles. The number of carbonyl (C=O) groups excluding carboxylic acids is 1. The van der Waals surface area contributed by atoms with Gasteiger partial charge in [0.1, 0.15) is 0 Å². The predicted octanol–water partition coefficient (Wildman–Crippen LogP) is 2.45. The van der Waals surface area contributed by atoms with E-state index in [0.717, 1.165) is 24.2 Å². The minimum absolute atomic E-state index is 0.0551. The van der Waals surface area contributed by atoms with Gasteiger partial charge in [0.15, 0.2) is 5.78 Å². The summed E-state index contributed by atoms with van der Waals surface area (Å²) in [6, 6.07) is 9.59. The van der Waals surface area contributed by atoms with Gasteiger partial charge in [-0.3, -0.25) is 9.78 Å². The lowest BCUT2D eigenvalue weighted by molar-refractivity contribution is 0.0956. The maximum Gasteiger partial charge on any atom is 0.174 e. The average molecular weight is 253 g/mol. The highest BCUT2D eigenvalue weighted by atomic mass is 16.1. The molecule has 4 nitrogen and oxygen atoms in total. The lowest BCUT2D eigenvalue weighted by atomic mass is 9.85. The van der Waals surface area contributed by atoms with Gasteiger partial charge in [-0.2, -0.15) is 0 Å². The average Bonchev–Trinajstić information content (AvgIpc) is 2.46. The molecular formula is C15H15N3O. The number of nitrogens with zero attached hydrogens (tertiary/aromatic N) is 1. The largest absolute Gasteiger partial charge is 0.398 e. The van der Waals surface area contributed by atoms with Crippen LogP contribution in [0.3, 0.4) is 0 Å². The second-order valence-corrected chi connectivity index (χ2v) is 4.68. The molecule has 0 amide bonds. The summed E-state index contributed by atoms with van der Waals surface area (Å²) in [6.45, 7) is 0.799. The minimum Gasteiger partial charge on any atom is -0.398 e. The van der Waals surface area contributed by atoms with Crippen LogP contribution in [-0.4, -0.2) is 17.3 Å². The van der Waals surface area contributed by atoms with Crippen molar-refractivity contribution in [2.24, 2.45) is 0 Å². The van der Waals surface area contributed by atoms with Gasteiger partial charge in [-0.15, -0.1) is 0 Å². The van der Waals surface area contributed by atoms with Gasteiger partial charge in [0.2, 0.25) is 0 Å². The number of nitrogens with two attached hydrogens (primary N) is 1. The Labute approximate surface area is 111 Å². The summed E-state index contributed by atoms with van der Waals surface area (Å²) in [4.78, 5) is 16.6. The summed E-state index contributed by atoms with van der Waals surface area (Å²) in [7, 11) is 0. The van der Waals surface area contributed by atoms with Gasteiger partial charge >= 0.3 is 0 Å². The number of ketones is 1. The van der Waals surface area contributed by atoms with Gasteiger partial charge in [0.05, 0.1) is 11.5 Å². The Morgan fingerprint density at radius 2 is 2.16 bits per heavy atom. The van der Waals surface area contributed by atoms with Crippen LogP contribution in [0.25, 0.3) is 0 Å². The molecule has 0 saturated carbocycles. The fourth-order valence-electron chi connectivity index (χ4n) is 2.54. The fraction of sp³-hybridized carbons (Fsp3) is 0.200. The van der Waals surface area contributed by atoms with Crippen LogP contribution in [0.4, 0.5) is 11.4 Å². The molecule has 0 saturated heterocycles. The van der Waals surface area contributed by atoms with Crippen LogP contribution in [0.5, 0.6) is 0 Å². The van der Waals surface area contributed by atoms with Crippen molar-refractivity contribution >= 4 is 17.2 Å². The normalized spacial score (nSPS) is 17.4. The van der Waals surface area contributed by atoms with E-state index in [1.54, 1.807) is 18.5 Å². The molecule has 19 heavy (non-hydrogen) atoms. The van der Waals surface area contributed by atoms with Gasteiger partial charge in [0, 0.05) is 30.3 Å². The molecule has 1 atom stereocenters. The summed E-state index contributed by atoms with van der Waals surface area (Å²) in [5.74, 6) is -0.0801. The molecule has 2 heterocycles. The van der Waals surface area contributed by atoms with Crippen LogP contribution in [0.1, 0.15) is 28.3 Å². The molecule has 1 aliphatic rings. The Balaban J connectivity index is 2.00. The number of fused-ring (bicyclic) bond motifs is 1. The summed E-state index contributed by atoms with van der Waals surface area (Å²) in [6.07, 6.45) is 3.94. The van der Waals surface area contributed by atoms with Gasteiger partial charge in [0.25, 0.3) is 0 Å². The van der Waals surface area contributed by atoms with E-state index in [1.807, 2.05) is 24.3 Å². The first-order valence-corrected chi connectivity index (χ1v) is 6.34. The number of anilines is 2. The molecule has 3 N–H and O–H groups in total. The Morgan fingerprint density at radius 1 is 1.32 bits per heavy atom. The second kappa shape index (κ2) is 4.72. The number of nitrogens with one attached hydrogen (secondary N) is 1. The van der Waals surface area contributed by atoms with Crippen LogP contribution in [-0.2, 0) is 0 Å². The van der Waals surface area contributed by atoms with Crippen molar-refractivity contribution in [3.05, 3.63) is 53.9 Å². The number of nitrogen functional groups attached to an aromatic ring is 1. The number of para-hydroxylation sites is 1. The number of hydrogen-bond acceptors (Lipinski definition) is 4. The third-order valence-corrected chi connectivity index (χ3v) is 3.52. The standard InChI is InChI=1S/C15H15N3O/c16-13-6-7-17-9-12(13)15(19)11-5-8-18-14-4-2-1-3-10(11)14/h1-4,6-7,9,11,18H,5,8H2,(H2,16,17). The zero-order valence-corrected chi connectivity index (χ0v) is 10.5. The number of rotatable bonds is 2. The van der Waals surface area contributed by atoms with Crippen LogP contribution in [0.15, 0.2) is 42.7 Å².